The molecular weight excluding hydrogens is 246 g/mol. The summed E-state index contributed by atoms with van der Waals surface area (Å²) in [6.45, 7) is 7.98. The Labute approximate surface area is 123 Å². The van der Waals surface area contributed by atoms with E-state index in [-0.39, 0.29) is 0 Å². The lowest BCUT2D eigenvalue weighted by atomic mass is 9.99. The summed E-state index contributed by atoms with van der Waals surface area (Å²) < 4.78 is 2.33. The van der Waals surface area contributed by atoms with Crippen LogP contribution in [0.25, 0.3) is 0 Å². The first-order valence-electron chi connectivity index (χ1n) is 8.43. The normalized spacial score (nSPS) is 21.6. The number of aromatic nitrogens is 2. The van der Waals surface area contributed by atoms with Gasteiger partial charge in [0.05, 0.1) is 11.7 Å². The summed E-state index contributed by atoms with van der Waals surface area (Å²) in [6, 6.07) is 1.49. The summed E-state index contributed by atoms with van der Waals surface area (Å²) >= 11 is 0. The molecule has 1 unspecified atom stereocenters. The van der Waals surface area contributed by atoms with Crippen LogP contribution in [0.15, 0.2) is 0 Å². The Morgan fingerprint density at radius 2 is 1.90 bits per heavy atom. The Hall–Kier alpha value is -0.830. The van der Waals surface area contributed by atoms with Gasteiger partial charge in [-0.25, -0.2) is 0 Å². The predicted molar refractivity (Wildman–Crippen MR) is 83.1 cm³/mol. The fraction of sp³-hybridized carbons (Fsp3) is 0.824. The van der Waals surface area contributed by atoms with Crippen molar-refractivity contribution in [3.8, 4) is 0 Å². The molecule has 1 N–H and O–H groups in total. The highest BCUT2D eigenvalue weighted by molar-refractivity contribution is 5.25. The third kappa shape index (κ3) is 3.08. The molecular formula is C17H29N3. The van der Waals surface area contributed by atoms with Crippen LogP contribution >= 0.6 is 0 Å². The maximum Gasteiger partial charge on any atom is 0.0628 e. The SMILES string of the molecule is Cc1nn(C2CCCC2)c(C)c1CC(C)CNC1CC1. The zero-order valence-electron chi connectivity index (χ0n) is 13.3. The lowest BCUT2D eigenvalue weighted by Gasteiger charge is -2.15. The quantitative estimate of drug-likeness (QED) is 0.860. The van der Waals surface area contributed by atoms with E-state index in [1.165, 1.54) is 61.9 Å². The van der Waals surface area contributed by atoms with Crippen molar-refractivity contribution in [1.29, 1.82) is 0 Å². The van der Waals surface area contributed by atoms with Gasteiger partial charge in [0.25, 0.3) is 0 Å². The average Bonchev–Trinajstić information content (AvgIpc) is 3.03. The molecule has 2 fully saturated rings. The molecule has 0 spiro atoms. The lowest BCUT2D eigenvalue weighted by molar-refractivity contribution is 0.453. The highest BCUT2D eigenvalue weighted by Crippen LogP contribution is 2.32. The molecule has 2 aliphatic rings. The van der Waals surface area contributed by atoms with E-state index in [2.05, 4.69) is 30.8 Å². The molecule has 2 saturated carbocycles. The molecule has 1 heterocycles. The smallest absolute Gasteiger partial charge is 0.0628 e. The Morgan fingerprint density at radius 1 is 1.20 bits per heavy atom. The number of nitrogens with one attached hydrogen (secondary N) is 1. The standard InChI is InChI=1S/C17H29N3/c1-12(11-18-15-8-9-15)10-17-13(2)19-20(14(17)3)16-6-4-5-7-16/h12,15-16,18H,4-11H2,1-3H3. The average molecular weight is 275 g/mol. The van der Waals surface area contributed by atoms with Gasteiger partial charge < -0.3 is 5.32 Å². The highest BCUT2D eigenvalue weighted by Gasteiger charge is 2.24. The van der Waals surface area contributed by atoms with E-state index >= 15 is 0 Å². The van der Waals surface area contributed by atoms with Crippen molar-refractivity contribution in [3.05, 3.63) is 17.0 Å². The lowest BCUT2D eigenvalue weighted by Crippen LogP contribution is -2.24. The Bertz CT molecular complexity index is 453. The first-order chi connectivity index (χ1) is 9.65. The maximum absolute atomic E-state index is 4.85. The van der Waals surface area contributed by atoms with Crippen LogP contribution in [0, 0.1) is 19.8 Å². The summed E-state index contributed by atoms with van der Waals surface area (Å²) in [4.78, 5) is 0. The van der Waals surface area contributed by atoms with E-state index in [1.807, 2.05) is 0 Å². The Kier molecular flexibility index (Phi) is 4.16. The van der Waals surface area contributed by atoms with E-state index in [1.54, 1.807) is 0 Å². The molecule has 0 aromatic carbocycles. The predicted octanol–water partition coefficient (Wildman–Crippen LogP) is 3.55. The van der Waals surface area contributed by atoms with Crippen LogP contribution < -0.4 is 5.32 Å². The molecule has 1 aromatic heterocycles. The van der Waals surface area contributed by atoms with Gasteiger partial charge in [0.1, 0.15) is 0 Å². The molecule has 0 amide bonds. The van der Waals surface area contributed by atoms with Crippen molar-refractivity contribution in [3.63, 3.8) is 0 Å². The van der Waals surface area contributed by atoms with Gasteiger partial charge in [0.15, 0.2) is 0 Å². The number of hydrogen-bond donors (Lipinski definition) is 1. The minimum absolute atomic E-state index is 0.669. The van der Waals surface area contributed by atoms with Crippen molar-refractivity contribution in [1.82, 2.24) is 15.1 Å². The third-order valence-corrected chi connectivity index (χ3v) is 5.03. The fourth-order valence-electron chi connectivity index (χ4n) is 3.57. The van der Waals surface area contributed by atoms with Crippen LogP contribution in [0.4, 0.5) is 0 Å². The summed E-state index contributed by atoms with van der Waals surface area (Å²) in [5.74, 6) is 0.703. The van der Waals surface area contributed by atoms with Gasteiger partial charge in [0, 0.05) is 11.7 Å². The number of nitrogens with zero attached hydrogens (tertiary/aromatic N) is 2. The summed E-state index contributed by atoms with van der Waals surface area (Å²) in [7, 11) is 0. The van der Waals surface area contributed by atoms with Crippen molar-refractivity contribution >= 4 is 0 Å². The molecule has 1 atom stereocenters. The van der Waals surface area contributed by atoms with Gasteiger partial charge in [-0.15, -0.1) is 0 Å². The van der Waals surface area contributed by atoms with Gasteiger partial charge in [-0.3, -0.25) is 4.68 Å². The molecule has 0 aliphatic heterocycles. The summed E-state index contributed by atoms with van der Waals surface area (Å²) in [5, 5.41) is 8.50. The van der Waals surface area contributed by atoms with Crippen molar-refractivity contribution in [2.75, 3.05) is 6.54 Å². The van der Waals surface area contributed by atoms with Gasteiger partial charge in [-0.2, -0.15) is 5.10 Å². The van der Waals surface area contributed by atoms with E-state index in [9.17, 15) is 0 Å². The van der Waals surface area contributed by atoms with E-state index in [4.69, 9.17) is 5.10 Å². The number of rotatable bonds is 6. The minimum atomic E-state index is 0.669. The van der Waals surface area contributed by atoms with Gasteiger partial charge >= 0.3 is 0 Å². The molecule has 0 radical (unpaired) electrons. The highest BCUT2D eigenvalue weighted by atomic mass is 15.3. The topological polar surface area (TPSA) is 29.9 Å². The van der Waals surface area contributed by atoms with Crippen LogP contribution in [-0.4, -0.2) is 22.4 Å². The first kappa shape index (κ1) is 14.1. The van der Waals surface area contributed by atoms with Gasteiger partial charge in [-0.05, 0) is 64.0 Å². The van der Waals surface area contributed by atoms with Crippen LogP contribution in [0.2, 0.25) is 0 Å². The largest absolute Gasteiger partial charge is 0.314 e. The van der Waals surface area contributed by atoms with Crippen molar-refractivity contribution in [2.45, 2.75) is 77.8 Å². The second-order valence-electron chi connectivity index (χ2n) is 7.02. The van der Waals surface area contributed by atoms with E-state index in [0.29, 0.717) is 12.0 Å². The number of aryl methyl sites for hydroxylation is 1. The molecule has 3 nitrogen and oxygen atoms in total. The van der Waals surface area contributed by atoms with Crippen LogP contribution in [0.3, 0.4) is 0 Å². The zero-order chi connectivity index (χ0) is 14.1. The monoisotopic (exact) mass is 275 g/mol. The molecule has 112 valence electrons. The summed E-state index contributed by atoms with van der Waals surface area (Å²) in [6.07, 6.45) is 9.32. The maximum atomic E-state index is 4.85. The van der Waals surface area contributed by atoms with Crippen LogP contribution in [0.1, 0.15) is 68.4 Å². The van der Waals surface area contributed by atoms with Crippen molar-refractivity contribution in [2.24, 2.45) is 5.92 Å². The number of hydrogen-bond acceptors (Lipinski definition) is 2. The van der Waals surface area contributed by atoms with E-state index in [0.717, 1.165) is 12.6 Å². The molecule has 0 bridgehead atoms. The molecule has 3 rings (SSSR count). The second-order valence-corrected chi connectivity index (χ2v) is 7.02. The van der Waals surface area contributed by atoms with Gasteiger partial charge in [-0.1, -0.05) is 19.8 Å². The Balaban J connectivity index is 1.65. The van der Waals surface area contributed by atoms with Crippen LogP contribution in [-0.2, 0) is 6.42 Å². The molecule has 1 aromatic rings. The van der Waals surface area contributed by atoms with Gasteiger partial charge in [0.2, 0.25) is 0 Å². The molecule has 2 aliphatic carbocycles. The fourth-order valence-corrected chi connectivity index (χ4v) is 3.57. The van der Waals surface area contributed by atoms with Crippen molar-refractivity contribution < 1.29 is 0 Å². The van der Waals surface area contributed by atoms with Crippen LogP contribution in [0.5, 0.6) is 0 Å². The zero-order valence-corrected chi connectivity index (χ0v) is 13.3. The minimum Gasteiger partial charge on any atom is -0.314 e. The first-order valence-corrected chi connectivity index (χ1v) is 8.43. The second kappa shape index (κ2) is 5.88. The molecule has 3 heteroatoms. The molecule has 20 heavy (non-hydrogen) atoms. The third-order valence-electron chi connectivity index (χ3n) is 5.03. The van der Waals surface area contributed by atoms with E-state index < -0.39 is 0 Å². The Morgan fingerprint density at radius 3 is 2.55 bits per heavy atom. The molecule has 0 saturated heterocycles. The summed E-state index contributed by atoms with van der Waals surface area (Å²) in [5.41, 5.74) is 4.18.